The average molecular weight is 276 g/mol. The Balaban J connectivity index is 2.16. The van der Waals surface area contributed by atoms with E-state index in [0.29, 0.717) is 12.3 Å². The van der Waals surface area contributed by atoms with E-state index in [-0.39, 0.29) is 6.54 Å². The highest BCUT2D eigenvalue weighted by atomic mass is 19.4. The van der Waals surface area contributed by atoms with E-state index in [4.69, 9.17) is 5.73 Å². The summed E-state index contributed by atoms with van der Waals surface area (Å²) < 4.78 is 39.7. The zero-order chi connectivity index (χ0) is 14.0. The van der Waals surface area contributed by atoms with Crippen LogP contribution in [0.3, 0.4) is 0 Å². The Bertz CT molecular complexity index is 465. The van der Waals surface area contributed by atoms with Crippen LogP contribution in [0.25, 0.3) is 0 Å². The van der Waals surface area contributed by atoms with Gasteiger partial charge in [-0.1, -0.05) is 24.5 Å². The average Bonchev–Trinajstić information content (AvgIpc) is 2.57. The highest BCUT2D eigenvalue weighted by Crippen LogP contribution is 2.33. The minimum Gasteiger partial charge on any atom is -0.369 e. The van der Waals surface area contributed by atoms with Crippen molar-refractivity contribution in [1.29, 1.82) is 0 Å². The van der Waals surface area contributed by atoms with Crippen molar-refractivity contribution in [2.75, 3.05) is 0 Å². The fraction of sp³-hybridized carbons (Fsp3) is 0.727. The van der Waals surface area contributed by atoms with Gasteiger partial charge in [-0.2, -0.15) is 13.2 Å². The lowest BCUT2D eigenvalue weighted by Gasteiger charge is -2.25. The molecule has 2 rings (SSSR count). The van der Waals surface area contributed by atoms with Crippen LogP contribution in [-0.4, -0.2) is 20.9 Å². The van der Waals surface area contributed by atoms with Gasteiger partial charge in [0.05, 0.1) is 6.42 Å². The molecule has 1 heterocycles. The summed E-state index contributed by atoms with van der Waals surface area (Å²) in [7, 11) is 0. The van der Waals surface area contributed by atoms with Gasteiger partial charge in [0.25, 0.3) is 0 Å². The van der Waals surface area contributed by atoms with E-state index < -0.39 is 29.9 Å². The number of hydrogen-bond donors (Lipinski definition) is 1. The van der Waals surface area contributed by atoms with E-state index in [2.05, 4.69) is 10.3 Å². The molecule has 0 aliphatic heterocycles. The Kier molecular flexibility index (Phi) is 3.77. The second kappa shape index (κ2) is 5.18. The number of carbonyl (C=O) groups is 1. The quantitative estimate of drug-likeness (QED) is 0.886. The summed E-state index contributed by atoms with van der Waals surface area (Å²) in [6.45, 7) is 0.172. The van der Waals surface area contributed by atoms with E-state index in [1.807, 2.05) is 0 Å². The van der Waals surface area contributed by atoms with Gasteiger partial charge in [-0.15, -0.1) is 5.10 Å². The third-order valence-corrected chi connectivity index (χ3v) is 3.39. The normalized spacial score (nSPS) is 16.4. The van der Waals surface area contributed by atoms with Gasteiger partial charge in [0.15, 0.2) is 5.69 Å². The number of nitrogens with two attached hydrogens (primary N) is 1. The predicted octanol–water partition coefficient (Wildman–Crippen LogP) is 1.51. The number of nitrogens with zero attached hydrogens (tertiary/aromatic N) is 3. The molecule has 0 unspecified atom stereocenters. The third kappa shape index (κ3) is 3.24. The van der Waals surface area contributed by atoms with Gasteiger partial charge in [0, 0.05) is 6.54 Å². The van der Waals surface area contributed by atoms with Crippen LogP contribution in [0.15, 0.2) is 0 Å². The van der Waals surface area contributed by atoms with E-state index in [0.717, 1.165) is 23.9 Å². The summed E-state index contributed by atoms with van der Waals surface area (Å²) in [5, 5.41) is 6.94. The van der Waals surface area contributed by atoms with Crippen molar-refractivity contribution in [3.63, 3.8) is 0 Å². The van der Waals surface area contributed by atoms with Crippen LogP contribution in [0.4, 0.5) is 13.2 Å². The molecule has 19 heavy (non-hydrogen) atoms. The van der Waals surface area contributed by atoms with Crippen molar-refractivity contribution in [2.45, 2.75) is 44.8 Å². The molecule has 1 amide bonds. The molecule has 1 aliphatic carbocycles. The Morgan fingerprint density at radius 1 is 1.42 bits per heavy atom. The zero-order valence-electron chi connectivity index (χ0n) is 10.3. The van der Waals surface area contributed by atoms with Crippen molar-refractivity contribution in [3.8, 4) is 0 Å². The van der Waals surface area contributed by atoms with Crippen LogP contribution in [-0.2, 0) is 23.9 Å². The number of amides is 1. The lowest BCUT2D eigenvalue weighted by Crippen LogP contribution is -2.22. The highest BCUT2D eigenvalue weighted by Gasteiger charge is 2.39. The molecule has 1 aromatic heterocycles. The van der Waals surface area contributed by atoms with Gasteiger partial charge in [-0.3, -0.25) is 4.79 Å². The standard InChI is InChI=1S/C11H15F3N4O/c12-11(13,14)10-8(6-9(15)19)16-17-18(10)5-4-7-2-1-3-7/h7H,1-6H2,(H2,15,19). The lowest BCUT2D eigenvalue weighted by molar-refractivity contribution is -0.145. The van der Waals surface area contributed by atoms with Crippen LogP contribution in [0.2, 0.25) is 0 Å². The van der Waals surface area contributed by atoms with Gasteiger partial charge < -0.3 is 5.73 Å². The molecule has 0 bridgehead atoms. The molecule has 0 atom stereocenters. The molecule has 8 heteroatoms. The number of primary amides is 1. The zero-order valence-corrected chi connectivity index (χ0v) is 10.3. The number of rotatable bonds is 5. The molecule has 5 nitrogen and oxygen atoms in total. The fourth-order valence-electron chi connectivity index (χ4n) is 2.19. The van der Waals surface area contributed by atoms with Crippen LogP contribution < -0.4 is 5.73 Å². The number of alkyl halides is 3. The topological polar surface area (TPSA) is 73.8 Å². The summed E-state index contributed by atoms with van der Waals surface area (Å²) in [4.78, 5) is 10.8. The second-order valence-corrected chi connectivity index (χ2v) is 4.83. The first-order valence-corrected chi connectivity index (χ1v) is 6.16. The SMILES string of the molecule is NC(=O)Cc1nnn(CCC2CCC2)c1C(F)(F)F. The Hall–Kier alpha value is -1.60. The molecule has 1 saturated carbocycles. The predicted molar refractivity (Wildman–Crippen MR) is 59.9 cm³/mol. The molecular weight excluding hydrogens is 261 g/mol. The molecule has 1 aromatic rings. The van der Waals surface area contributed by atoms with Gasteiger partial charge in [0.1, 0.15) is 5.69 Å². The smallest absolute Gasteiger partial charge is 0.369 e. The maximum absolute atomic E-state index is 13.0. The minimum absolute atomic E-state index is 0.172. The Morgan fingerprint density at radius 3 is 2.58 bits per heavy atom. The monoisotopic (exact) mass is 276 g/mol. The van der Waals surface area contributed by atoms with E-state index in [1.165, 1.54) is 0 Å². The Morgan fingerprint density at radius 2 is 2.11 bits per heavy atom. The number of aromatic nitrogens is 3. The number of hydrogen-bond acceptors (Lipinski definition) is 3. The molecule has 2 N–H and O–H groups in total. The molecular formula is C11H15F3N4O. The molecule has 0 spiro atoms. The van der Waals surface area contributed by atoms with Crippen molar-refractivity contribution in [2.24, 2.45) is 11.7 Å². The van der Waals surface area contributed by atoms with Crippen molar-refractivity contribution >= 4 is 5.91 Å². The van der Waals surface area contributed by atoms with Crippen molar-refractivity contribution in [1.82, 2.24) is 15.0 Å². The summed E-state index contributed by atoms with van der Waals surface area (Å²) >= 11 is 0. The number of aryl methyl sites for hydroxylation is 1. The summed E-state index contributed by atoms with van der Waals surface area (Å²) in [6.07, 6.45) is -1.20. The molecule has 0 aromatic carbocycles. The summed E-state index contributed by atoms with van der Waals surface area (Å²) in [5.74, 6) is -0.374. The van der Waals surface area contributed by atoms with E-state index in [9.17, 15) is 18.0 Å². The van der Waals surface area contributed by atoms with E-state index >= 15 is 0 Å². The number of carbonyl (C=O) groups excluding carboxylic acids is 1. The largest absolute Gasteiger partial charge is 0.434 e. The van der Waals surface area contributed by atoms with Crippen LogP contribution in [0.5, 0.6) is 0 Å². The fourth-order valence-corrected chi connectivity index (χ4v) is 2.19. The maximum atomic E-state index is 13.0. The van der Waals surface area contributed by atoms with Crippen LogP contribution >= 0.6 is 0 Å². The Labute approximate surface area is 108 Å². The molecule has 106 valence electrons. The summed E-state index contributed by atoms with van der Waals surface area (Å²) in [5.41, 5.74) is 3.57. The van der Waals surface area contributed by atoms with E-state index in [1.54, 1.807) is 0 Å². The molecule has 0 saturated heterocycles. The highest BCUT2D eigenvalue weighted by molar-refractivity contribution is 5.76. The van der Waals surface area contributed by atoms with Gasteiger partial charge >= 0.3 is 6.18 Å². The van der Waals surface area contributed by atoms with Crippen LogP contribution in [0, 0.1) is 5.92 Å². The van der Waals surface area contributed by atoms with Crippen molar-refractivity contribution < 1.29 is 18.0 Å². The second-order valence-electron chi connectivity index (χ2n) is 4.83. The van der Waals surface area contributed by atoms with Gasteiger partial charge in [-0.25, -0.2) is 4.68 Å². The van der Waals surface area contributed by atoms with Gasteiger partial charge in [-0.05, 0) is 12.3 Å². The molecule has 1 fully saturated rings. The maximum Gasteiger partial charge on any atom is 0.434 e. The van der Waals surface area contributed by atoms with Gasteiger partial charge in [0.2, 0.25) is 5.91 Å². The number of halogens is 3. The minimum atomic E-state index is -4.58. The van der Waals surface area contributed by atoms with Crippen molar-refractivity contribution in [3.05, 3.63) is 11.4 Å². The molecule has 0 radical (unpaired) electrons. The first-order chi connectivity index (χ1) is 8.88. The lowest BCUT2D eigenvalue weighted by atomic mass is 9.83. The summed E-state index contributed by atoms with van der Waals surface area (Å²) in [6, 6.07) is 0. The third-order valence-electron chi connectivity index (χ3n) is 3.39. The molecule has 1 aliphatic rings. The first kappa shape index (κ1) is 13.8. The van der Waals surface area contributed by atoms with Crippen LogP contribution in [0.1, 0.15) is 37.1 Å². The first-order valence-electron chi connectivity index (χ1n) is 6.16.